The van der Waals surface area contributed by atoms with E-state index in [2.05, 4.69) is 19.9 Å². The molecule has 0 bridgehead atoms. The molecule has 0 aromatic carbocycles. The summed E-state index contributed by atoms with van der Waals surface area (Å²) >= 11 is 0. The van der Waals surface area contributed by atoms with Gasteiger partial charge in [-0.15, -0.1) is 0 Å². The molecule has 0 saturated heterocycles. The van der Waals surface area contributed by atoms with E-state index < -0.39 is 5.97 Å². The maximum absolute atomic E-state index is 12.3. The molecule has 8 heteroatoms. The Bertz CT molecular complexity index is 760. The molecule has 1 fully saturated rings. The molecule has 0 radical (unpaired) electrons. The first-order valence-corrected chi connectivity index (χ1v) is 8.05. The average Bonchev–Trinajstić information content (AvgIpc) is 3.15. The third kappa shape index (κ3) is 3.20. The Morgan fingerprint density at radius 1 is 1.30 bits per heavy atom. The second-order valence-electron chi connectivity index (χ2n) is 6.01. The van der Waals surface area contributed by atoms with Crippen molar-refractivity contribution in [2.75, 3.05) is 18.0 Å². The van der Waals surface area contributed by atoms with E-state index in [9.17, 15) is 9.59 Å². The lowest BCUT2D eigenvalue weighted by Gasteiger charge is -2.19. The van der Waals surface area contributed by atoms with Gasteiger partial charge in [0, 0.05) is 12.5 Å². The lowest BCUT2D eigenvalue weighted by atomic mass is 10.1. The van der Waals surface area contributed by atoms with Gasteiger partial charge in [-0.25, -0.2) is 4.98 Å². The van der Waals surface area contributed by atoms with Crippen molar-refractivity contribution < 1.29 is 9.90 Å². The zero-order chi connectivity index (χ0) is 16.4. The van der Waals surface area contributed by atoms with Gasteiger partial charge in [0.05, 0.1) is 0 Å². The number of imidazole rings is 1. The van der Waals surface area contributed by atoms with E-state index >= 15 is 0 Å². The predicted molar refractivity (Wildman–Crippen MR) is 85.9 cm³/mol. The van der Waals surface area contributed by atoms with Crippen LogP contribution in [0.2, 0.25) is 0 Å². The van der Waals surface area contributed by atoms with Crippen LogP contribution in [0.25, 0.3) is 11.2 Å². The molecule has 124 valence electrons. The van der Waals surface area contributed by atoms with Gasteiger partial charge in [-0.05, 0) is 19.3 Å². The lowest BCUT2D eigenvalue weighted by molar-refractivity contribution is -0.135. The zero-order valence-corrected chi connectivity index (χ0v) is 13.1. The molecule has 2 heterocycles. The summed E-state index contributed by atoms with van der Waals surface area (Å²) in [5.74, 6) is 0.469. The van der Waals surface area contributed by atoms with Crippen molar-refractivity contribution in [1.82, 2.24) is 19.9 Å². The van der Waals surface area contributed by atoms with Crippen molar-refractivity contribution in [3.63, 3.8) is 0 Å². The molecular formula is C15H21N5O3. The standard InChI is InChI=1S/C15H21N5O3/c1-2-7-20(8-10(21)22)15-18-13-11(14(23)19-15)16-12(17-13)9-5-3-4-6-9/h9H,2-8H2,1H3,(H,21,22)(H2,16,17,18,19,23). The normalized spacial score (nSPS) is 15.3. The highest BCUT2D eigenvalue weighted by molar-refractivity contribution is 5.74. The van der Waals surface area contributed by atoms with Crippen LogP contribution in [0.3, 0.4) is 0 Å². The van der Waals surface area contributed by atoms with Crippen LogP contribution in [0.4, 0.5) is 5.95 Å². The van der Waals surface area contributed by atoms with Gasteiger partial charge in [-0.2, -0.15) is 4.98 Å². The predicted octanol–water partition coefficient (Wildman–Crippen LogP) is 1.60. The number of nitrogens with zero attached hydrogens (tertiary/aromatic N) is 3. The van der Waals surface area contributed by atoms with E-state index in [0.29, 0.717) is 23.6 Å². The molecule has 0 amide bonds. The maximum atomic E-state index is 12.3. The van der Waals surface area contributed by atoms with Crippen molar-refractivity contribution in [3.8, 4) is 0 Å². The smallest absolute Gasteiger partial charge is 0.323 e. The van der Waals surface area contributed by atoms with Crippen LogP contribution in [0.15, 0.2) is 4.79 Å². The van der Waals surface area contributed by atoms with Crippen molar-refractivity contribution in [1.29, 1.82) is 0 Å². The average molecular weight is 319 g/mol. The Morgan fingerprint density at radius 3 is 2.70 bits per heavy atom. The first-order chi connectivity index (χ1) is 11.1. The number of aromatic nitrogens is 4. The van der Waals surface area contributed by atoms with E-state index in [1.807, 2.05) is 6.92 Å². The minimum Gasteiger partial charge on any atom is -0.480 e. The highest BCUT2D eigenvalue weighted by atomic mass is 16.4. The maximum Gasteiger partial charge on any atom is 0.323 e. The molecule has 1 saturated carbocycles. The second kappa shape index (κ2) is 6.39. The molecule has 0 unspecified atom stereocenters. The Kier molecular flexibility index (Phi) is 4.31. The van der Waals surface area contributed by atoms with E-state index in [1.54, 1.807) is 4.90 Å². The van der Waals surface area contributed by atoms with Gasteiger partial charge in [-0.3, -0.25) is 14.6 Å². The number of fused-ring (bicyclic) bond motifs is 1. The monoisotopic (exact) mass is 319 g/mol. The molecular weight excluding hydrogens is 298 g/mol. The summed E-state index contributed by atoms with van der Waals surface area (Å²) in [4.78, 5) is 39.4. The fourth-order valence-electron chi connectivity index (χ4n) is 3.15. The number of carboxylic acid groups (broad SMARTS) is 1. The summed E-state index contributed by atoms with van der Waals surface area (Å²) in [5.41, 5.74) is 0.410. The number of anilines is 1. The number of carbonyl (C=O) groups is 1. The first kappa shape index (κ1) is 15.5. The summed E-state index contributed by atoms with van der Waals surface area (Å²) in [5, 5.41) is 9.02. The molecule has 2 aromatic rings. The van der Waals surface area contributed by atoms with Gasteiger partial charge in [-0.1, -0.05) is 19.8 Å². The molecule has 3 N–H and O–H groups in total. The van der Waals surface area contributed by atoms with Crippen LogP contribution >= 0.6 is 0 Å². The van der Waals surface area contributed by atoms with Gasteiger partial charge in [0.15, 0.2) is 11.2 Å². The van der Waals surface area contributed by atoms with Gasteiger partial charge >= 0.3 is 5.97 Å². The molecule has 0 aliphatic heterocycles. The molecule has 23 heavy (non-hydrogen) atoms. The van der Waals surface area contributed by atoms with E-state index in [4.69, 9.17) is 5.11 Å². The lowest BCUT2D eigenvalue weighted by Crippen LogP contribution is -2.33. The van der Waals surface area contributed by atoms with Crippen molar-refractivity contribution >= 4 is 23.1 Å². The van der Waals surface area contributed by atoms with Crippen LogP contribution in [-0.2, 0) is 4.79 Å². The van der Waals surface area contributed by atoms with E-state index in [-0.39, 0.29) is 18.1 Å². The minimum absolute atomic E-state index is 0.206. The third-order valence-corrected chi connectivity index (χ3v) is 4.23. The highest BCUT2D eigenvalue weighted by Crippen LogP contribution is 2.32. The minimum atomic E-state index is -0.963. The number of nitrogens with one attached hydrogen (secondary N) is 2. The molecule has 0 spiro atoms. The number of carboxylic acids is 1. The number of aromatic amines is 2. The zero-order valence-electron chi connectivity index (χ0n) is 13.1. The number of rotatable bonds is 6. The third-order valence-electron chi connectivity index (χ3n) is 4.23. The van der Waals surface area contributed by atoms with Gasteiger partial charge in [0.25, 0.3) is 5.56 Å². The Balaban J connectivity index is 1.98. The van der Waals surface area contributed by atoms with Crippen LogP contribution < -0.4 is 10.5 Å². The van der Waals surface area contributed by atoms with Crippen molar-refractivity contribution in [3.05, 3.63) is 16.2 Å². The Hall–Kier alpha value is -2.38. The van der Waals surface area contributed by atoms with Gasteiger partial charge in [0.2, 0.25) is 5.95 Å². The van der Waals surface area contributed by atoms with Gasteiger partial charge < -0.3 is 15.0 Å². The largest absolute Gasteiger partial charge is 0.480 e. The quantitative estimate of drug-likeness (QED) is 0.745. The number of H-pyrrole nitrogens is 2. The van der Waals surface area contributed by atoms with Crippen LogP contribution in [-0.4, -0.2) is 44.1 Å². The number of aliphatic carboxylic acids is 1. The number of hydrogen-bond donors (Lipinski definition) is 3. The summed E-state index contributed by atoms with van der Waals surface area (Å²) in [6, 6.07) is 0. The van der Waals surface area contributed by atoms with Crippen molar-refractivity contribution in [2.45, 2.75) is 44.9 Å². The van der Waals surface area contributed by atoms with Gasteiger partial charge in [0.1, 0.15) is 12.4 Å². The summed E-state index contributed by atoms with van der Waals surface area (Å²) in [6.45, 7) is 2.24. The van der Waals surface area contributed by atoms with E-state index in [0.717, 1.165) is 25.1 Å². The number of hydrogen-bond acceptors (Lipinski definition) is 5. The molecule has 1 aliphatic rings. The Morgan fingerprint density at radius 2 is 2.04 bits per heavy atom. The highest BCUT2D eigenvalue weighted by Gasteiger charge is 2.22. The van der Waals surface area contributed by atoms with E-state index in [1.165, 1.54) is 12.8 Å². The van der Waals surface area contributed by atoms with Crippen LogP contribution in [0.5, 0.6) is 0 Å². The molecule has 3 rings (SSSR count). The summed E-state index contributed by atoms with van der Waals surface area (Å²) in [7, 11) is 0. The van der Waals surface area contributed by atoms with Crippen molar-refractivity contribution in [2.24, 2.45) is 0 Å². The molecule has 0 atom stereocenters. The fourth-order valence-corrected chi connectivity index (χ4v) is 3.15. The molecule has 8 nitrogen and oxygen atoms in total. The molecule has 1 aliphatic carbocycles. The second-order valence-corrected chi connectivity index (χ2v) is 6.01. The molecule has 2 aromatic heterocycles. The SMILES string of the molecule is CCCN(CC(=O)O)c1nc2nc(C3CCCC3)[nH]c2c(=O)[nH]1. The fraction of sp³-hybridized carbons (Fsp3) is 0.600. The topological polar surface area (TPSA) is 115 Å². The van der Waals surface area contributed by atoms with Crippen LogP contribution in [0.1, 0.15) is 50.8 Å². The summed E-state index contributed by atoms with van der Waals surface area (Å²) in [6.07, 6.45) is 5.26. The van der Waals surface area contributed by atoms with Crippen LogP contribution in [0, 0.1) is 0 Å². The summed E-state index contributed by atoms with van der Waals surface area (Å²) < 4.78 is 0. The first-order valence-electron chi connectivity index (χ1n) is 8.05. The Labute approximate surface area is 133 Å².